The van der Waals surface area contributed by atoms with E-state index in [1.807, 2.05) is 36.4 Å². The van der Waals surface area contributed by atoms with Crippen molar-refractivity contribution in [3.8, 4) is 11.1 Å². The number of carboxylic acids is 1. The highest BCUT2D eigenvalue weighted by Gasteiger charge is 2.31. The molecule has 2 aliphatic rings. The quantitative estimate of drug-likeness (QED) is 0.641. The number of fused-ring (bicyclic) bond motifs is 3. The highest BCUT2D eigenvalue weighted by Crippen LogP contribution is 2.44. The summed E-state index contributed by atoms with van der Waals surface area (Å²) >= 11 is 0. The summed E-state index contributed by atoms with van der Waals surface area (Å²) in [5.41, 5.74) is 4.55. The number of aliphatic carboxylic acids is 1. The van der Waals surface area contributed by atoms with E-state index in [0.717, 1.165) is 35.1 Å². The van der Waals surface area contributed by atoms with Crippen LogP contribution in [-0.2, 0) is 14.3 Å². The van der Waals surface area contributed by atoms with Gasteiger partial charge in [-0.15, -0.1) is 0 Å². The summed E-state index contributed by atoms with van der Waals surface area (Å²) in [6.45, 7) is 1.77. The summed E-state index contributed by atoms with van der Waals surface area (Å²) in [4.78, 5) is 36.1. The predicted molar refractivity (Wildman–Crippen MR) is 119 cm³/mol. The maximum Gasteiger partial charge on any atom is 0.407 e. The number of hydrogen-bond acceptors (Lipinski definition) is 4. The van der Waals surface area contributed by atoms with Crippen LogP contribution in [0.15, 0.2) is 48.5 Å². The molecule has 3 atom stereocenters. The Balaban J connectivity index is 1.30. The van der Waals surface area contributed by atoms with Gasteiger partial charge in [0.1, 0.15) is 12.6 Å². The lowest BCUT2D eigenvalue weighted by Crippen LogP contribution is -2.49. The zero-order chi connectivity index (χ0) is 22.7. The number of carbonyl (C=O) groups is 3. The highest BCUT2D eigenvalue weighted by molar-refractivity contribution is 5.85. The second kappa shape index (κ2) is 9.42. The van der Waals surface area contributed by atoms with Gasteiger partial charge in [0.25, 0.3) is 0 Å². The van der Waals surface area contributed by atoms with Crippen molar-refractivity contribution < 1.29 is 24.2 Å². The molecule has 0 spiro atoms. The predicted octanol–water partition coefficient (Wildman–Crippen LogP) is 3.67. The third-order valence-electron chi connectivity index (χ3n) is 6.44. The largest absolute Gasteiger partial charge is 0.481 e. The van der Waals surface area contributed by atoms with Crippen molar-refractivity contribution in [1.82, 2.24) is 10.6 Å². The second-order valence-corrected chi connectivity index (χ2v) is 8.60. The minimum absolute atomic E-state index is 0.0486. The first kappa shape index (κ1) is 21.9. The average Bonchev–Trinajstić information content (AvgIpc) is 3.11. The van der Waals surface area contributed by atoms with E-state index < -0.39 is 24.0 Å². The first-order valence-corrected chi connectivity index (χ1v) is 11.1. The number of hydrogen-bond donors (Lipinski definition) is 3. The minimum atomic E-state index is -0.825. The Hall–Kier alpha value is -3.35. The second-order valence-electron chi connectivity index (χ2n) is 8.60. The molecule has 0 heterocycles. The van der Waals surface area contributed by atoms with Gasteiger partial charge in [-0.2, -0.15) is 0 Å². The number of benzene rings is 2. The van der Waals surface area contributed by atoms with Crippen molar-refractivity contribution in [2.24, 2.45) is 5.92 Å². The molecule has 1 fully saturated rings. The number of nitrogens with one attached hydrogen (secondary N) is 2. The van der Waals surface area contributed by atoms with Gasteiger partial charge in [-0.1, -0.05) is 55.0 Å². The van der Waals surface area contributed by atoms with Gasteiger partial charge in [-0.3, -0.25) is 9.59 Å². The fourth-order valence-electron chi connectivity index (χ4n) is 4.75. The van der Waals surface area contributed by atoms with Crippen molar-refractivity contribution in [2.75, 3.05) is 6.61 Å². The van der Waals surface area contributed by atoms with Crippen molar-refractivity contribution in [2.45, 2.75) is 50.6 Å². The lowest BCUT2D eigenvalue weighted by Gasteiger charge is -2.28. The lowest BCUT2D eigenvalue weighted by molar-refractivity contribution is -0.143. The lowest BCUT2D eigenvalue weighted by atomic mass is 9.85. The van der Waals surface area contributed by atoms with Gasteiger partial charge < -0.3 is 20.5 Å². The van der Waals surface area contributed by atoms with Crippen molar-refractivity contribution in [1.29, 1.82) is 0 Å². The van der Waals surface area contributed by atoms with E-state index in [1.54, 1.807) is 6.92 Å². The number of rotatable bonds is 6. The highest BCUT2D eigenvalue weighted by atomic mass is 16.5. The molecule has 7 heteroatoms. The van der Waals surface area contributed by atoms with E-state index in [-0.39, 0.29) is 24.5 Å². The Labute approximate surface area is 187 Å². The Morgan fingerprint density at radius 3 is 2.28 bits per heavy atom. The smallest absolute Gasteiger partial charge is 0.407 e. The van der Waals surface area contributed by atoms with Crippen LogP contribution in [0, 0.1) is 5.92 Å². The molecule has 0 unspecified atom stereocenters. The van der Waals surface area contributed by atoms with E-state index in [0.29, 0.717) is 12.8 Å². The Morgan fingerprint density at radius 2 is 1.66 bits per heavy atom. The van der Waals surface area contributed by atoms with Crippen LogP contribution in [0.1, 0.15) is 49.7 Å². The third-order valence-corrected chi connectivity index (χ3v) is 6.44. The Kier molecular flexibility index (Phi) is 6.44. The first-order valence-electron chi connectivity index (χ1n) is 11.1. The maximum absolute atomic E-state index is 12.5. The summed E-state index contributed by atoms with van der Waals surface area (Å²) < 4.78 is 5.49. The third kappa shape index (κ3) is 4.61. The molecule has 2 amide bonds. The standard InChI is InChI=1S/C25H28N2O5/c1-15(23(28)27-17-8-6-7-16(13-17)24(29)30)26-25(31)32-14-22-20-11-4-2-9-18(20)19-10-3-5-12-21(19)22/h2-5,9-12,15-17,22H,6-8,13-14H2,1H3,(H,26,31)(H,27,28)(H,29,30)/t15-,16+,17+/m0/s1. The molecular weight excluding hydrogens is 408 g/mol. The number of amides is 2. The normalized spacial score (nSPS) is 20.5. The van der Waals surface area contributed by atoms with E-state index in [9.17, 15) is 19.5 Å². The molecule has 0 saturated heterocycles. The molecule has 7 nitrogen and oxygen atoms in total. The minimum Gasteiger partial charge on any atom is -0.481 e. The van der Waals surface area contributed by atoms with Crippen LogP contribution < -0.4 is 10.6 Å². The van der Waals surface area contributed by atoms with Crippen molar-refractivity contribution in [3.05, 3.63) is 59.7 Å². The molecule has 3 N–H and O–H groups in total. The summed E-state index contributed by atoms with van der Waals surface area (Å²) in [6, 6.07) is 15.2. The molecule has 2 aromatic rings. The van der Waals surface area contributed by atoms with Gasteiger partial charge in [-0.25, -0.2) is 4.79 Å². The van der Waals surface area contributed by atoms with Gasteiger partial charge in [-0.05, 0) is 48.4 Å². The summed E-state index contributed by atoms with van der Waals surface area (Å²) in [6.07, 6.45) is 1.90. The fraction of sp³-hybridized carbons (Fsp3) is 0.400. The molecule has 32 heavy (non-hydrogen) atoms. The number of ether oxygens (including phenoxy) is 1. The van der Waals surface area contributed by atoms with Crippen molar-refractivity contribution in [3.63, 3.8) is 0 Å². The SMILES string of the molecule is C[C@H](NC(=O)OCC1c2ccccc2-c2ccccc21)C(=O)N[C@@H]1CCC[C@@H](C(=O)O)C1. The average molecular weight is 437 g/mol. The van der Waals surface area contributed by atoms with Gasteiger partial charge in [0.15, 0.2) is 0 Å². The van der Waals surface area contributed by atoms with E-state index in [2.05, 4.69) is 22.8 Å². The van der Waals surface area contributed by atoms with Crippen LogP contribution in [0.2, 0.25) is 0 Å². The molecule has 4 rings (SSSR count). The molecule has 0 aromatic heterocycles. The van der Waals surface area contributed by atoms with E-state index in [4.69, 9.17) is 4.74 Å². The molecule has 2 aromatic carbocycles. The van der Waals surface area contributed by atoms with Crippen molar-refractivity contribution >= 4 is 18.0 Å². The summed E-state index contributed by atoms with van der Waals surface area (Å²) in [5, 5.41) is 14.6. The Bertz CT molecular complexity index is 975. The van der Waals surface area contributed by atoms with Crippen LogP contribution >= 0.6 is 0 Å². The van der Waals surface area contributed by atoms with Crippen LogP contribution in [0.25, 0.3) is 11.1 Å². The van der Waals surface area contributed by atoms with Gasteiger partial charge in [0.05, 0.1) is 5.92 Å². The fourth-order valence-corrected chi connectivity index (χ4v) is 4.75. The molecule has 168 valence electrons. The first-order chi connectivity index (χ1) is 15.4. The number of carbonyl (C=O) groups excluding carboxylic acids is 2. The van der Waals surface area contributed by atoms with Gasteiger partial charge in [0.2, 0.25) is 5.91 Å². The number of alkyl carbamates (subject to hydrolysis) is 1. The molecule has 2 aliphatic carbocycles. The Morgan fingerprint density at radius 1 is 1.03 bits per heavy atom. The van der Waals surface area contributed by atoms with Crippen LogP contribution in [-0.4, -0.2) is 41.8 Å². The summed E-state index contributed by atoms with van der Waals surface area (Å²) in [5.74, 6) is -1.64. The monoisotopic (exact) mass is 436 g/mol. The van der Waals surface area contributed by atoms with Crippen LogP contribution in [0.5, 0.6) is 0 Å². The molecule has 0 radical (unpaired) electrons. The van der Waals surface area contributed by atoms with E-state index >= 15 is 0 Å². The molecular formula is C25H28N2O5. The maximum atomic E-state index is 12.5. The molecule has 1 saturated carbocycles. The van der Waals surface area contributed by atoms with E-state index in [1.165, 1.54) is 0 Å². The summed E-state index contributed by atoms with van der Waals surface area (Å²) in [7, 11) is 0. The topological polar surface area (TPSA) is 105 Å². The van der Waals surface area contributed by atoms with Gasteiger partial charge in [0, 0.05) is 12.0 Å². The molecule has 0 aliphatic heterocycles. The molecule has 0 bridgehead atoms. The zero-order valence-electron chi connectivity index (χ0n) is 18.0. The number of carboxylic acid groups (broad SMARTS) is 1. The van der Waals surface area contributed by atoms with Crippen LogP contribution in [0.4, 0.5) is 4.79 Å². The van der Waals surface area contributed by atoms with Crippen LogP contribution in [0.3, 0.4) is 0 Å². The zero-order valence-corrected chi connectivity index (χ0v) is 18.0. The van der Waals surface area contributed by atoms with Gasteiger partial charge >= 0.3 is 12.1 Å².